The molecule has 0 bridgehead atoms. The number of hydrogen-bond donors (Lipinski definition) is 2. The van der Waals surface area contributed by atoms with Gasteiger partial charge in [-0.1, -0.05) is 79.2 Å². The normalized spacial score (nSPS) is 13.8. The average Bonchev–Trinajstić information content (AvgIpc) is 2.81. The van der Waals surface area contributed by atoms with Gasteiger partial charge >= 0.3 is 5.97 Å². The third-order valence-corrected chi connectivity index (χ3v) is 5.36. The summed E-state index contributed by atoms with van der Waals surface area (Å²) in [5.74, 6) is -0.350. The lowest BCUT2D eigenvalue weighted by atomic mass is 9.78. The molecular formula is C25H27ClN2O2. The van der Waals surface area contributed by atoms with E-state index in [1.54, 1.807) is 0 Å². The van der Waals surface area contributed by atoms with Gasteiger partial charge in [0, 0.05) is 10.7 Å². The molecule has 3 aromatic rings. The van der Waals surface area contributed by atoms with E-state index in [0.29, 0.717) is 11.6 Å². The van der Waals surface area contributed by atoms with E-state index < -0.39 is 11.6 Å². The van der Waals surface area contributed by atoms with Gasteiger partial charge in [-0.3, -0.25) is 5.32 Å². The van der Waals surface area contributed by atoms with Gasteiger partial charge in [0.15, 0.2) is 5.54 Å². The number of ether oxygens (including phenoxy) is 1. The molecule has 0 aliphatic heterocycles. The minimum absolute atomic E-state index is 0.350. The Morgan fingerprint density at radius 1 is 0.967 bits per heavy atom. The summed E-state index contributed by atoms with van der Waals surface area (Å²) in [4.78, 5) is 13.5. The number of nitrogens with one attached hydrogen (secondary N) is 2. The van der Waals surface area contributed by atoms with Gasteiger partial charge < -0.3 is 10.1 Å². The molecule has 0 aromatic heterocycles. The molecule has 0 aliphatic carbocycles. The van der Waals surface area contributed by atoms with Crippen molar-refractivity contribution in [3.63, 3.8) is 0 Å². The van der Waals surface area contributed by atoms with E-state index in [0.717, 1.165) is 23.2 Å². The van der Waals surface area contributed by atoms with E-state index in [9.17, 15) is 4.79 Å². The fraction of sp³-hybridized carbons (Fsp3) is 0.240. The van der Waals surface area contributed by atoms with Crippen molar-refractivity contribution in [2.75, 3.05) is 19.0 Å². The summed E-state index contributed by atoms with van der Waals surface area (Å²) < 4.78 is 5.36. The van der Waals surface area contributed by atoms with E-state index in [1.807, 2.05) is 84.9 Å². The largest absolute Gasteiger partial charge is 0.467 e. The Morgan fingerprint density at radius 2 is 1.57 bits per heavy atom. The fourth-order valence-corrected chi connectivity index (χ4v) is 3.79. The molecular weight excluding hydrogens is 396 g/mol. The maximum absolute atomic E-state index is 13.5. The third kappa shape index (κ3) is 4.66. The highest BCUT2D eigenvalue weighted by Gasteiger charge is 2.49. The highest BCUT2D eigenvalue weighted by molar-refractivity contribution is 6.30. The van der Waals surface area contributed by atoms with E-state index in [1.165, 1.54) is 7.11 Å². The molecule has 3 aromatic carbocycles. The van der Waals surface area contributed by atoms with Crippen LogP contribution in [0.3, 0.4) is 0 Å². The van der Waals surface area contributed by atoms with Crippen molar-refractivity contribution >= 4 is 23.3 Å². The second-order valence-electron chi connectivity index (χ2n) is 7.09. The van der Waals surface area contributed by atoms with Crippen LogP contribution >= 0.6 is 11.6 Å². The first-order valence-electron chi connectivity index (χ1n) is 10.1. The van der Waals surface area contributed by atoms with Crippen LogP contribution in [-0.4, -0.2) is 19.6 Å². The SMILES string of the molecule is CCCN[C@@](C(=O)OC)(c1ccccc1)[C@@H](Nc1ccc(Cl)cc1)c1ccccc1. The fourth-order valence-electron chi connectivity index (χ4n) is 3.66. The number of rotatable bonds is 9. The highest BCUT2D eigenvalue weighted by atomic mass is 35.5. The summed E-state index contributed by atoms with van der Waals surface area (Å²) in [7, 11) is 1.43. The zero-order chi connectivity index (χ0) is 21.4. The van der Waals surface area contributed by atoms with Crippen LogP contribution in [0.5, 0.6) is 0 Å². The number of methoxy groups -OCH3 is 1. The zero-order valence-electron chi connectivity index (χ0n) is 17.3. The minimum Gasteiger partial charge on any atom is -0.467 e. The van der Waals surface area contributed by atoms with E-state index in [-0.39, 0.29) is 5.97 Å². The summed E-state index contributed by atoms with van der Waals surface area (Å²) in [6.07, 6.45) is 0.869. The summed E-state index contributed by atoms with van der Waals surface area (Å²) >= 11 is 6.08. The van der Waals surface area contributed by atoms with Crippen molar-refractivity contribution in [1.29, 1.82) is 0 Å². The van der Waals surface area contributed by atoms with E-state index >= 15 is 0 Å². The number of esters is 1. The molecule has 0 heterocycles. The van der Waals surface area contributed by atoms with Crippen LogP contribution in [0.2, 0.25) is 5.02 Å². The number of halogens is 1. The molecule has 3 rings (SSSR count). The van der Waals surface area contributed by atoms with Gasteiger partial charge in [-0.05, 0) is 48.4 Å². The maximum Gasteiger partial charge on any atom is 0.333 e. The van der Waals surface area contributed by atoms with Crippen molar-refractivity contribution < 1.29 is 9.53 Å². The van der Waals surface area contributed by atoms with Gasteiger partial charge in [0.25, 0.3) is 0 Å². The van der Waals surface area contributed by atoms with E-state index in [4.69, 9.17) is 16.3 Å². The van der Waals surface area contributed by atoms with Gasteiger partial charge in [-0.15, -0.1) is 0 Å². The first-order chi connectivity index (χ1) is 14.6. The monoisotopic (exact) mass is 422 g/mol. The van der Waals surface area contributed by atoms with Crippen molar-refractivity contribution in [3.05, 3.63) is 101 Å². The molecule has 30 heavy (non-hydrogen) atoms. The van der Waals surface area contributed by atoms with E-state index in [2.05, 4.69) is 17.6 Å². The summed E-state index contributed by atoms with van der Waals surface area (Å²) in [5, 5.41) is 7.74. The highest BCUT2D eigenvalue weighted by Crippen LogP contribution is 2.39. The summed E-state index contributed by atoms with van der Waals surface area (Å²) in [5.41, 5.74) is 1.52. The first kappa shape index (κ1) is 21.9. The molecule has 0 spiro atoms. The number of hydrogen-bond acceptors (Lipinski definition) is 4. The molecule has 0 radical (unpaired) electrons. The van der Waals surface area contributed by atoms with Crippen LogP contribution in [0.4, 0.5) is 5.69 Å². The molecule has 0 unspecified atom stereocenters. The van der Waals surface area contributed by atoms with Crippen LogP contribution in [0.15, 0.2) is 84.9 Å². The standard InChI is InChI=1S/C25H27ClN2O2/c1-3-18-27-25(24(29)30-2,20-12-8-5-9-13-20)23(19-10-6-4-7-11-19)28-22-16-14-21(26)15-17-22/h4-17,23,27-28H,3,18H2,1-2H3/t23-,25-/m0/s1. The Labute approximate surface area is 183 Å². The summed E-state index contributed by atoms with van der Waals surface area (Å²) in [6.45, 7) is 2.72. The Bertz CT molecular complexity index is 932. The molecule has 0 fully saturated rings. The van der Waals surface area contributed by atoms with Crippen LogP contribution in [-0.2, 0) is 15.1 Å². The quantitative estimate of drug-likeness (QED) is 0.443. The van der Waals surface area contributed by atoms with Gasteiger partial charge in [0.05, 0.1) is 13.2 Å². The average molecular weight is 423 g/mol. The van der Waals surface area contributed by atoms with Crippen molar-refractivity contribution in [3.8, 4) is 0 Å². The molecule has 2 N–H and O–H groups in total. The number of carbonyl (C=O) groups is 1. The molecule has 0 amide bonds. The predicted molar refractivity (Wildman–Crippen MR) is 123 cm³/mol. The number of benzene rings is 3. The van der Waals surface area contributed by atoms with Crippen LogP contribution in [0.25, 0.3) is 0 Å². The maximum atomic E-state index is 13.5. The van der Waals surface area contributed by atoms with Crippen LogP contribution in [0, 0.1) is 0 Å². The van der Waals surface area contributed by atoms with Crippen molar-refractivity contribution in [2.45, 2.75) is 24.9 Å². The zero-order valence-corrected chi connectivity index (χ0v) is 18.0. The van der Waals surface area contributed by atoms with Crippen LogP contribution in [0.1, 0.15) is 30.5 Å². The van der Waals surface area contributed by atoms with Gasteiger partial charge in [0.1, 0.15) is 0 Å². The Kier molecular flexibility index (Phi) is 7.50. The number of anilines is 1. The molecule has 0 saturated heterocycles. The Balaban J connectivity index is 2.21. The summed E-state index contributed by atoms with van der Waals surface area (Å²) in [6, 6.07) is 26.7. The second-order valence-corrected chi connectivity index (χ2v) is 7.52. The van der Waals surface area contributed by atoms with Crippen molar-refractivity contribution in [1.82, 2.24) is 5.32 Å². The molecule has 156 valence electrons. The van der Waals surface area contributed by atoms with Gasteiger partial charge in [-0.25, -0.2) is 4.79 Å². The molecule has 0 aliphatic rings. The second kappa shape index (κ2) is 10.3. The van der Waals surface area contributed by atoms with Crippen LogP contribution < -0.4 is 10.6 Å². The molecule has 2 atom stereocenters. The topological polar surface area (TPSA) is 50.4 Å². The first-order valence-corrected chi connectivity index (χ1v) is 10.5. The van der Waals surface area contributed by atoms with Gasteiger partial charge in [-0.2, -0.15) is 0 Å². The minimum atomic E-state index is -1.13. The Hall–Kier alpha value is -2.82. The smallest absolute Gasteiger partial charge is 0.333 e. The predicted octanol–water partition coefficient (Wildman–Crippen LogP) is 5.56. The third-order valence-electron chi connectivity index (χ3n) is 5.11. The molecule has 5 heteroatoms. The molecule has 0 saturated carbocycles. The lowest BCUT2D eigenvalue weighted by Crippen LogP contribution is -2.56. The lowest BCUT2D eigenvalue weighted by molar-refractivity contribution is -0.150. The lowest BCUT2D eigenvalue weighted by Gasteiger charge is -2.40. The number of carbonyl (C=O) groups excluding carboxylic acids is 1. The molecule has 4 nitrogen and oxygen atoms in total. The Morgan fingerprint density at radius 3 is 2.13 bits per heavy atom. The van der Waals surface area contributed by atoms with Gasteiger partial charge in [0.2, 0.25) is 0 Å². The van der Waals surface area contributed by atoms with Crippen molar-refractivity contribution in [2.24, 2.45) is 0 Å².